The fourth-order valence-electron chi connectivity index (χ4n) is 3.00. The van der Waals surface area contributed by atoms with Crippen LogP contribution in [0.3, 0.4) is 0 Å². The normalized spacial score (nSPS) is 11.9. The number of nitrogens with one attached hydrogen (secondary N) is 1. The number of methoxy groups -OCH3 is 1. The van der Waals surface area contributed by atoms with Crippen LogP contribution in [0.15, 0.2) is 42.5 Å². The molecular formula is C22H30N2O4. The molecule has 0 aliphatic heterocycles. The van der Waals surface area contributed by atoms with Gasteiger partial charge in [-0.25, -0.2) is 0 Å². The zero-order chi connectivity index (χ0) is 20.5. The van der Waals surface area contributed by atoms with Crippen LogP contribution in [0.5, 0.6) is 11.5 Å². The third kappa shape index (κ3) is 6.25. The van der Waals surface area contributed by atoms with Crippen LogP contribution in [0.4, 0.5) is 5.69 Å². The number of likely N-dealkylation sites (N-methyl/N-ethyl adjacent to an activating group) is 1. The van der Waals surface area contributed by atoms with Gasteiger partial charge in [0.2, 0.25) is 5.91 Å². The summed E-state index contributed by atoms with van der Waals surface area (Å²) in [6, 6.07) is 13.2. The molecule has 1 amide bonds. The molecule has 2 aromatic rings. The third-order valence-corrected chi connectivity index (χ3v) is 4.49. The van der Waals surface area contributed by atoms with Gasteiger partial charge in [0.05, 0.1) is 19.3 Å². The van der Waals surface area contributed by atoms with Crippen molar-refractivity contribution in [1.82, 2.24) is 4.90 Å². The number of amides is 1. The van der Waals surface area contributed by atoms with Crippen molar-refractivity contribution in [2.75, 3.05) is 38.7 Å². The molecule has 0 saturated heterocycles. The van der Waals surface area contributed by atoms with Crippen molar-refractivity contribution in [3.8, 4) is 11.5 Å². The second kappa shape index (κ2) is 10.7. The van der Waals surface area contributed by atoms with E-state index in [0.29, 0.717) is 24.5 Å². The van der Waals surface area contributed by atoms with E-state index in [-0.39, 0.29) is 19.1 Å². The number of carbonyl (C=O) groups excluding carboxylic acids is 1. The smallest absolute Gasteiger partial charge is 0.238 e. The zero-order valence-corrected chi connectivity index (χ0v) is 17.1. The molecule has 0 saturated carbocycles. The lowest BCUT2D eigenvalue weighted by Gasteiger charge is -2.24. The summed E-state index contributed by atoms with van der Waals surface area (Å²) in [7, 11) is 1.57. The lowest BCUT2D eigenvalue weighted by atomic mass is 10.1. The lowest BCUT2D eigenvalue weighted by molar-refractivity contribution is -0.117. The molecular weight excluding hydrogens is 356 g/mol. The van der Waals surface area contributed by atoms with Crippen molar-refractivity contribution >= 4 is 11.6 Å². The van der Waals surface area contributed by atoms with E-state index in [1.807, 2.05) is 56.0 Å². The Hall–Kier alpha value is -2.57. The first kappa shape index (κ1) is 21.7. The van der Waals surface area contributed by atoms with Crippen LogP contribution in [0.25, 0.3) is 0 Å². The second-order valence-electron chi connectivity index (χ2n) is 6.76. The summed E-state index contributed by atoms with van der Waals surface area (Å²) >= 11 is 0. The molecule has 1 atom stereocenters. The van der Waals surface area contributed by atoms with E-state index in [2.05, 4.69) is 5.32 Å². The molecule has 0 aliphatic rings. The van der Waals surface area contributed by atoms with Gasteiger partial charge in [0, 0.05) is 6.54 Å². The van der Waals surface area contributed by atoms with Gasteiger partial charge in [-0.05, 0) is 43.7 Å². The average Bonchev–Trinajstić information content (AvgIpc) is 2.67. The minimum atomic E-state index is -0.696. The third-order valence-electron chi connectivity index (χ3n) is 4.49. The summed E-state index contributed by atoms with van der Waals surface area (Å²) in [5, 5.41) is 13.2. The number of aryl methyl sites for hydroxylation is 2. The molecule has 2 N–H and O–H groups in total. The first-order valence-electron chi connectivity index (χ1n) is 9.46. The first-order valence-corrected chi connectivity index (χ1v) is 9.46. The average molecular weight is 386 g/mol. The summed E-state index contributed by atoms with van der Waals surface area (Å²) in [4.78, 5) is 14.3. The maximum absolute atomic E-state index is 12.4. The number of aliphatic hydroxyl groups is 1. The van der Waals surface area contributed by atoms with Gasteiger partial charge in [-0.2, -0.15) is 0 Å². The molecule has 0 bridgehead atoms. The van der Waals surface area contributed by atoms with Crippen LogP contribution in [-0.2, 0) is 4.79 Å². The highest BCUT2D eigenvalue weighted by Crippen LogP contribution is 2.23. The van der Waals surface area contributed by atoms with E-state index >= 15 is 0 Å². The molecule has 28 heavy (non-hydrogen) atoms. The molecule has 0 fully saturated rings. The number of nitrogens with zero attached hydrogens (tertiary/aromatic N) is 1. The Morgan fingerprint density at radius 1 is 1.14 bits per heavy atom. The lowest BCUT2D eigenvalue weighted by Crippen LogP contribution is -2.40. The predicted octanol–water partition coefficient (Wildman–Crippen LogP) is 3.01. The van der Waals surface area contributed by atoms with Gasteiger partial charge in [-0.3, -0.25) is 9.69 Å². The number of hydrogen-bond acceptors (Lipinski definition) is 5. The van der Waals surface area contributed by atoms with Crippen LogP contribution in [0.1, 0.15) is 18.1 Å². The fraction of sp³-hybridized carbons (Fsp3) is 0.409. The molecule has 0 radical (unpaired) electrons. The van der Waals surface area contributed by atoms with Crippen LogP contribution in [0.2, 0.25) is 0 Å². The van der Waals surface area contributed by atoms with E-state index in [1.165, 1.54) is 0 Å². The summed E-state index contributed by atoms with van der Waals surface area (Å²) < 4.78 is 11.1. The van der Waals surface area contributed by atoms with Gasteiger partial charge >= 0.3 is 0 Å². The number of para-hydroxylation sites is 3. The number of hydrogen-bond donors (Lipinski definition) is 2. The Kier molecular flexibility index (Phi) is 8.29. The van der Waals surface area contributed by atoms with Gasteiger partial charge in [0.25, 0.3) is 0 Å². The molecule has 0 aliphatic carbocycles. The molecule has 2 rings (SSSR count). The van der Waals surface area contributed by atoms with E-state index in [0.717, 1.165) is 16.9 Å². The van der Waals surface area contributed by atoms with Gasteiger partial charge < -0.3 is 19.9 Å². The highest BCUT2D eigenvalue weighted by molar-refractivity contribution is 5.93. The molecule has 152 valence electrons. The Bertz CT molecular complexity index is 759. The Morgan fingerprint density at radius 3 is 2.46 bits per heavy atom. The number of carbonyl (C=O) groups is 1. The number of rotatable bonds is 10. The minimum absolute atomic E-state index is 0.158. The van der Waals surface area contributed by atoms with Crippen molar-refractivity contribution in [2.45, 2.75) is 26.9 Å². The Balaban J connectivity index is 1.86. The van der Waals surface area contributed by atoms with Crippen LogP contribution in [-0.4, -0.2) is 55.4 Å². The van der Waals surface area contributed by atoms with E-state index in [9.17, 15) is 9.90 Å². The van der Waals surface area contributed by atoms with E-state index in [1.54, 1.807) is 19.2 Å². The number of ether oxygens (including phenoxy) is 2. The van der Waals surface area contributed by atoms with E-state index in [4.69, 9.17) is 9.47 Å². The molecule has 0 spiro atoms. The standard InChI is InChI=1S/C22H30N2O4/c1-5-24(14-21(26)23-19-11-6-7-12-20(19)27-4)13-18(25)15-28-22-16(2)9-8-10-17(22)3/h6-12,18,25H,5,13-15H2,1-4H3,(H,23,26)/t18-/m1/s1. The molecule has 6 heteroatoms. The van der Waals surface area contributed by atoms with Crippen molar-refractivity contribution in [1.29, 1.82) is 0 Å². The summed E-state index contributed by atoms with van der Waals surface area (Å²) in [5.74, 6) is 1.26. The monoisotopic (exact) mass is 386 g/mol. The largest absolute Gasteiger partial charge is 0.495 e. The topological polar surface area (TPSA) is 71.0 Å². The van der Waals surface area contributed by atoms with Crippen molar-refractivity contribution in [3.63, 3.8) is 0 Å². The maximum atomic E-state index is 12.4. The molecule has 2 aromatic carbocycles. The SMILES string of the molecule is CCN(CC(=O)Nc1ccccc1OC)C[C@@H](O)COc1c(C)cccc1C. The number of anilines is 1. The fourth-order valence-corrected chi connectivity index (χ4v) is 3.00. The zero-order valence-electron chi connectivity index (χ0n) is 17.1. The predicted molar refractivity (Wildman–Crippen MR) is 111 cm³/mol. The van der Waals surface area contributed by atoms with Crippen molar-refractivity contribution in [3.05, 3.63) is 53.6 Å². The van der Waals surface area contributed by atoms with Gasteiger partial charge in [0.1, 0.15) is 24.2 Å². The van der Waals surface area contributed by atoms with Crippen molar-refractivity contribution < 1.29 is 19.4 Å². The minimum Gasteiger partial charge on any atom is -0.495 e. The Morgan fingerprint density at radius 2 is 1.82 bits per heavy atom. The Labute approximate surface area is 167 Å². The van der Waals surface area contributed by atoms with E-state index < -0.39 is 6.10 Å². The van der Waals surface area contributed by atoms with Gasteiger partial charge in [-0.1, -0.05) is 37.3 Å². The van der Waals surface area contributed by atoms with Crippen LogP contribution >= 0.6 is 0 Å². The van der Waals surface area contributed by atoms with Crippen molar-refractivity contribution in [2.24, 2.45) is 0 Å². The van der Waals surface area contributed by atoms with Crippen LogP contribution < -0.4 is 14.8 Å². The summed E-state index contributed by atoms with van der Waals surface area (Å²) in [6.45, 7) is 7.26. The maximum Gasteiger partial charge on any atom is 0.238 e. The molecule has 0 unspecified atom stereocenters. The highest BCUT2D eigenvalue weighted by Gasteiger charge is 2.16. The summed E-state index contributed by atoms with van der Waals surface area (Å²) in [6.07, 6.45) is -0.696. The molecule has 6 nitrogen and oxygen atoms in total. The number of aliphatic hydroxyl groups excluding tert-OH is 1. The quantitative estimate of drug-likeness (QED) is 0.657. The van der Waals surface area contributed by atoms with Gasteiger partial charge in [-0.15, -0.1) is 0 Å². The molecule has 0 aromatic heterocycles. The van der Waals surface area contributed by atoms with Crippen LogP contribution in [0, 0.1) is 13.8 Å². The highest BCUT2D eigenvalue weighted by atomic mass is 16.5. The van der Waals surface area contributed by atoms with Gasteiger partial charge in [0.15, 0.2) is 0 Å². The number of benzene rings is 2. The molecule has 0 heterocycles. The second-order valence-corrected chi connectivity index (χ2v) is 6.76. The first-order chi connectivity index (χ1) is 13.4. The summed E-state index contributed by atoms with van der Waals surface area (Å²) in [5.41, 5.74) is 2.71.